The molecule has 3 rings (SSSR count). The Morgan fingerprint density at radius 3 is 2.52 bits per heavy atom. The monoisotopic (exact) mass is 412 g/mol. The molecule has 0 heterocycles. The van der Waals surface area contributed by atoms with Crippen LogP contribution in [0, 0.1) is 0 Å². The number of anilines is 1. The largest absolute Gasteiger partial charge is 0.332 e. The topological polar surface area (TPSA) is 41.1 Å². The lowest BCUT2D eigenvalue weighted by atomic mass is 10.0. The smallest absolute Gasteiger partial charge is 0.258 e. The summed E-state index contributed by atoms with van der Waals surface area (Å²) in [5.41, 5.74) is 2.65. The van der Waals surface area contributed by atoms with Crippen molar-refractivity contribution in [1.29, 1.82) is 0 Å². The third kappa shape index (κ3) is 3.89. The van der Waals surface area contributed by atoms with Crippen LogP contribution >= 0.6 is 28.1 Å². The number of benzene rings is 3. The van der Waals surface area contributed by atoms with Crippen LogP contribution < -0.4 is 10.6 Å². The van der Waals surface area contributed by atoms with E-state index in [-0.39, 0.29) is 11.0 Å². The van der Waals surface area contributed by atoms with Gasteiger partial charge in [-0.1, -0.05) is 65.3 Å². The molecule has 0 aromatic heterocycles. The molecule has 0 aliphatic heterocycles. The van der Waals surface area contributed by atoms with Crippen LogP contribution in [0.2, 0.25) is 0 Å². The van der Waals surface area contributed by atoms with Crippen molar-refractivity contribution in [2.24, 2.45) is 0 Å². The van der Waals surface area contributed by atoms with Gasteiger partial charge in [0.1, 0.15) is 0 Å². The Morgan fingerprint density at radius 1 is 1.00 bits per heavy atom. The Bertz CT molecular complexity index is 955. The summed E-state index contributed by atoms with van der Waals surface area (Å²) in [5.74, 6) is -0.227. The van der Waals surface area contributed by atoms with Gasteiger partial charge in [0.05, 0.1) is 0 Å². The summed E-state index contributed by atoms with van der Waals surface area (Å²) < 4.78 is 0.956. The molecule has 0 spiro atoms. The van der Waals surface area contributed by atoms with Crippen LogP contribution in [0.4, 0.5) is 5.69 Å². The predicted octanol–water partition coefficient (Wildman–Crippen LogP) is 5.29. The van der Waals surface area contributed by atoms with Gasteiger partial charge in [0.2, 0.25) is 0 Å². The summed E-state index contributed by atoms with van der Waals surface area (Å²) in [7, 11) is 0. The van der Waals surface area contributed by atoms with Crippen molar-refractivity contribution in [2.45, 2.75) is 13.3 Å². The van der Waals surface area contributed by atoms with E-state index in [1.807, 2.05) is 54.6 Å². The molecule has 3 aromatic rings. The highest BCUT2D eigenvalue weighted by molar-refractivity contribution is 9.10. The molecule has 0 atom stereocenters. The van der Waals surface area contributed by atoms with Gasteiger partial charge in [-0.05, 0) is 53.2 Å². The molecule has 2 N–H and O–H groups in total. The minimum atomic E-state index is -0.227. The predicted molar refractivity (Wildman–Crippen MR) is 111 cm³/mol. The van der Waals surface area contributed by atoms with Gasteiger partial charge < -0.3 is 5.32 Å². The quantitative estimate of drug-likeness (QED) is 0.574. The number of nitrogens with one attached hydrogen (secondary N) is 2. The van der Waals surface area contributed by atoms with Crippen LogP contribution in [0.15, 0.2) is 65.1 Å². The van der Waals surface area contributed by atoms with Crippen LogP contribution in [0.25, 0.3) is 10.8 Å². The second kappa shape index (κ2) is 7.76. The highest BCUT2D eigenvalue weighted by Crippen LogP contribution is 2.26. The van der Waals surface area contributed by atoms with E-state index in [0.717, 1.165) is 32.9 Å². The maximum atomic E-state index is 12.7. The van der Waals surface area contributed by atoms with Crippen LogP contribution in [-0.2, 0) is 6.42 Å². The van der Waals surface area contributed by atoms with Crippen LogP contribution in [0.1, 0.15) is 22.8 Å². The summed E-state index contributed by atoms with van der Waals surface area (Å²) >= 11 is 8.84. The summed E-state index contributed by atoms with van der Waals surface area (Å²) in [4.78, 5) is 12.7. The van der Waals surface area contributed by atoms with Gasteiger partial charge in [-0.2, -0.15) is 0 Å². The number of halogens is 1. The fourth-order valence-corrected chi connectivity index (χ4v) is 3.45. The first-order chi connectivity index (χ1) is 12.1. The summed E-state index contributed by atoms with van der Waals surface area (Å²) in [6.45, 7) is 2.08. The number of para-hydroxylation sites is 1. The molecule has 3 aromatic carbocycles. The van der Waals surface area contributed by atoms with Gasteiger partial charge in [-0.25, -0.2) is 0 Å². The summed E-state index contributed by atoms with van der Waals surface area (Å²) in [6, 6.07) is 19.4. The molecule has 126 valence electrons. The van der Waals surface area contributed by atoms with Crippen LogP contribution in [0.3, 0.4) is 0 Å². The fraction of sp³-hybridized carbons (Fsp3) is 0.100. The van der Waals surface area contributed by atoms with E-state index in [4.69, 9.17) is 12.2 Å². The number of hydrogen-bond acceptors (Lipinski definition) is 2. The lowest BCUT2D eigenvalue weighted by Gasteiger charge is -2.13. The normalized spacial score (nSPS) is 10.5. The van der Waals surface area contributed by atoms with Gasteiger partial charge in [-0.15, -0.1) is 0 Å². The Hall–Kier alpha value is -2.24. The molecular formula is C20H17BrN2OS. The first-order valence-electron chi connectivity index (χ1n) is 7.97. The first kappa shape index (κ1) is 17.6. The van der Waals surface area contributed by atoms with Crippen molar-refractivity contribution in [3.63, 3.8) is 0 Å². The SMILES string of the molecule is CCc1ccccc1NC(=S)NC(=O)c1cccc2c(Br)cccc12. The Labute approximate surface area is 160 Å². The number of aryl methyl sites for hydroxylation is 1. The molecule has 3 nitrogen and oxygen atoms in total. The standard InChI is InChI=1S/C20H17BrN2OS/c1-2-13-7-3-4-12-18(13)22-20(25)23-19(24)16-10-5-9-15-14(16)8-6-11-17(15)21/h3-12H,2H2,1H3,(H2,22,23,24,25). The molecule has 0 aliphatic rings. The minimum Gasteiger partial charge on any atom is -0.332 e. The van der Waals surface area contributed by atoms with E-state index in [2.05, 4.69) is 33.5 Å². The molecule has 0 fully saturated rings. The lowest BCUT2D eigenvalue weighted by molar-refractivity contribution is 0.0979. The van der Waals surface area contributed by atoms with E-state index in [9.17, 15) is 4.79 Å². The Kier molecular flexibility index (Phi) is 5.46. The van der Waals surface area contributed by atoms with Crippen LogP contribution in [-0.4, -0.2) is 11.0 Å². The molecule has 0 bridgehead atoms. The highest BCUT2D eigenvalue weighted by Gasteiger charge is 2.13. The van der Waals surface area contributed by atoms with Gasteiger partial charge in [0.25, 0.3) is 5.91 Å². The maximum absolute atomic E-state index is 12.7. The zero-order chi connectivity index (χ0) is 17.8. The number of thiocarbonyl (C=S) groups is 1. The van der Waals surface area contributed by atoms with Crippen LogP contribution in [0.5, 0.6) is 0 Å². The number of fused-ring (bicyclic) bond motifs is 1. The molecule has 0 saturated carbocycles. The first-order valence-corrected chi connectivity index (χ1v) is 9.17. The fourth-order valence-electron chi connectivity index (χ4n) is 2.74. The minimum absolute atomic E-state index is 0.227. The third-order valence-corrected chi connectivity index (χ3v) is 4.88. The molecule has 1 amide bonds. The Balaban J connectivity index is 1.81. The van der Waals surface area contributed by atoms with Gasteiger partial charge in [0, 0.05) is 15.7 Å². The molecule has 5 heteroatoms. The average Bonchev–Trinajstić information content (AvgIpc) is 2.62. The van der Waals surface area contributed by atoms with Gasteiger partial charge >= 0.3 is 0 Å². The number of carbonyl (C=O) groups is 1. The zero-order valence-electron chi connectivity index (χ0n) is 13.7. The molecule has 25 heavy (non-hydrogen) atoms. The number of carbonyl (C=O) groups excluding carboxylic acids is 1. The van der Waals surface area contributed by atoms with Crippen molar-refractivity contribution in [3.05, 3.63) is 76.3 Å². The third-order valence-electron chi connectivity index (χ3n) is 3.99. The average molecular weight is 413 g/mol. The number of hydrogen-bond donors (Lipinski definition) is 2. The number of rotatable bonds is 3. The van der Waals surface area contributed by atoms with E-state index in [1.165, 1.54) is 0 Å². The lowest BCUT2D eigenvalue weighted by Crippen LogP contribution is -2.34. The highest BCUT2D eigenvalue weighted by atomic mass is 79.9. The molecule has 0 saturated heterocycles. The molecule has 0 radical (unpaired) electrons. The Morgan fingerprint density at radius 2 is 1.72 bits per heavy atom. The molecular weight excluding hydrogens is 396 g/mol. The maximum Gasteiger partial charge on any atom is 0.258 e. The van der Waals surface area contributed by atoms with Gasteiger partial charge in [-0.3, -0.25) is 10.1 Å². The zero-order valence-corrected chi connectivity index (χ0v) is 16.1. The summed E-state index contributed by atoms with van der Waals surface area (Å²) in [6.07, 6.45) is 0.886. The van der Waals surface area contributed by atoms with E-state index in [0.29, 0.717) is 5.56 Å². The van der Waals surface area contributed by atoms with Gasteiger partial charge in [0.15, 0.2) is 5.11 Å². The van der Waals surface area contributed by atoms with Crippen molar-refractivity contribution >= 4 is 55.6 Å². The van der Waals surface area contributed by atoms with Crippen molar-refractivity contribution in [1.82, 2.24) is 5.32 Å². The van der Waals surface area contributed by atoms with E-state index in [1.54, 1.807) is 6.07 Å². The van der Waals surface area contributed by atoms with Crippen molar-refractivity contribution in [2.75, 3.05) is 5.32 Å². The van der Waals surface area contributed by atoms with E-state index >= 15 is 0 Å². The van der Waals surface area contributed by atoms with Crippen molar-refractivity contribution < 1.29 is 4.79 Å². The second-order valence-electron chi connectivity index (χ2n) is 5.56. The summed E-state index contributed by atoms with van der Waals surface area (Å²) in [5, 5.41) is 8.05. The number of amides is 1. The molecule has 0 aliphatic carbocycles. The second-order valence-corrected chi connectivity index (χ2v) is 6.82. The van der Waals surface area contributed by atoms with E-state index < -0.39 is 0 Å². The molecule has 0 unspecified atom stereocenters. The van der Waals surface area contributed by atoms with Crippen molar-refractivity contribution in [3.8, 4) is 0 Å².